The van der Waals surface area contributed by atoms with Crippen molar-refractivity contribution in [3.05, 3.63) is 29.8 Å². The summed E-state index contributed by atoms with van der Waals surface area (Å²) in [5.41, 5.74) is 7.35. The predicted octanol–water partition coefficient (Wildman–Crippen LogP) is 0.931. The van der Waals surface area contributed by atoms with Gasteiger partial charge in [-0.3, -0.25) is 9.69 Å². The Bertz CT molecular complexity index is 450. The van der Waals surface area contributed by atoms with Crippen LogP contribution >= 0.6 is 0 Å². The van der Waals surface area contributed by atoms with Gasteiger partial charge in [0.15, 0.2) is 0 Å². The molecule has 1 unspecified atom stereocenters. The van der Waals surface area contributed by atoms with Gasteiger partial charge in [0.05, 0.1) is 13.2 Å². The lowest BCUT2D eigenvalue weighted by Crippen LogP contribution is -2.45. The fourth-order valence-electron chi connectivity index (χ4n) is 2.64. The SMILES string of the molecule is NCc1cccc(NC(=O)CN2CCCCC2CO)c1. The Kier molecular flexibility index (Phi) is 5.52. The summed E-state index contributed by atoms with van der Waals surface area (Å²) in [6, 6.07) is 7.68. The second-order valence-corrected chi connectivity index (χ2v) is 5.26. The van der Waals surface area contributed by atoms with Crippen molar-refractivity contribution in [2.45, 2.75) is 31.8 Å². The molecule has 0 aliphatic carbocycles. The van der Waals surface area contributed by atoms with Crippen molar-refractivity contribution in [3.63, 3.8) is 0 Å². The molecule has 1 atom stereocenters. The molecule has 0 bridgehead atoms. The average molecular weight is 277 g/mol. The molecule has 5 nitrogen and oxygen atoms in total. The normalized spacial score (nSPS) is 19.8. The van der Waals surface area contributed by atoms with E-state index in [0.29, 0.717) is 13.1 Å². The van der Waals surface area contributed by atoms with E-state index in [9.17, 15) is 9.90 Å². The third-order valence-electron chi connectivity index (χ3n) is 3.75. The highest BCUT2D eigenvalue weighted by atomic mass is 16.3. The number of carbonyl (C=O) groups excluding carboxylic acids is 1. The number of amides is 1. The van der Waals surface area contributed by atoms with Crippen molar-refractivity contribution in [2.24, 2.45) is 5.73 Å². The van der Waals surface area contributed by atoms with E-state index in [4.69, 9.17) is 5.73 Å². The van der Waals surface area contributed by atoms with Gasteiger partial charge in [0, 0.05) is 18.3 Å². The van der Waals surface area contributed by atoms with Crippen molar-refractivity contribution in [1.82, 2.24) is 4.90 Å². The fourth-order valence-corrected chi connectivity index (χ4v) is 2.64. The number of rotatable bonds is 5. The van der Waals surface area contributed by atoms with E-state index >= 15 is 0 Å². The highest BCUT2D eigenvalue weighted by Gasteiger charge is 2.23. The standard InChI is InChI=1S/C15H23N3O2/c16-9-12-4-3-5-13(8-12)17-15(20)10-18-7-2-1-6-14(18)11-19/h3-5,8,14,19H,1-2,6-7,9-11,16H2,(H,17,20). The summed E-state index contributed by atoms with van der Waals surface area (Å²) in [5, 5.41) is 12.2. The molecule has 1 heterocycles. The second-order valence-electron chi connectivity index (χ2n) is 5.26. The lowest BCUT2D eigenvalue weighted by molar-refractivity contribution is -0.118. The summed E-state index contributed by atoms with van der Waals surface area (Å²) in [4.78, 5) is 14.1. The third kappa shape index (κ3) is 4.03. The minimum atomic E-state index is -0.0421. The fraction of sp³-hybridized carbons (Fsp3) is 0.533. The molecule has 0 spiro atoms. The number of likely N-dealkylation sites (tertiary alicyclic amines) is 1. The number of hydrogen-bond donors (Lipinski definition) is 3. The number of anilines is 1. The summed E-state index contributed by atoms with van der Waals surface area (Å²) in [7, 11) is 0. The molecule has 4 N–H and O–H groups in total. The predicted molar refractivity (Wildman–Crippen MR) is 79.3 cm³/mol. The molecule has 2 rings (SSSR count). The maximum absolute atomic E-state index is 12.1. The van der Waals surface area contributed by atoms with Gasteiger partial charge in [-0.1, -0.05) is 18.6 Å². The molecule has 1 aliphatic heterocycles. The zero-order valence-electron chi connectivity index (χ0n) is 11.7. The van der Waals surface area contributed by atoms with Gasteiger partial charge in [-0.15, -0.1) is 0 Å². The molecule has 0 aromatic heterocycles. The molecule has 1 aliphatic rings. The van der Waals surface area contributed by atoms with E-state index in [-0.39, 0.29) is 18.6 Å². The van der Waals surface area contributed by atoms with Gasteiger partial charge in [-0.25, -0.2) is 0 Å². The number of carbonyl (C=O) groups is 1. The number of benzene rings is 1. The quantitative estimate of drug-likeness (QED) is 0.748. The Morgan fingerprint density at radius 3 is 3.05 bits per heavy atom. The monoisotopic (exact) mass is 277 g/mol. The maximum atomic E-state index is 12.1. The highest BCUT2D eigenvalue weighted by Crippen LogP contribution is 2.16. The summed E-state index contributed by atoms with van der Waals surface area (Å²) in [6.45, 7) is 1.79. The Hall–Kier alpha value is -1.43. The van der Waals surface area contributed by atoms with Crippen molar-refractivity contribution < 1.29 is 9.90 Å². The van der Waals surface area contributed by atoms with Crippen LogP contribution in [0.2, 0.25) is 0 Å². The molecule has 110 valence electrons. The molecule has 5 heteroatoms. The second kappa shape index (κ2) is 7.38. The van der Waals surface area contributed by atoms with E-state index in [2.05, 4.69) is 10.2 Å². The van der Waals surface area contributed by atoms with E-state index in [1.54, 1.807) is 0 Å². The Balaban J connectivity index is 1.90. The molecule has 1 aromatic rings. The van der Waals surface area contributed by atoms with Crippen molar-refractivity contribution in [2.75, 3.05) is 25.0 Å². The Morgan fingerprint density at radius 2 is 2.30 bits per heavy atom. The van der Waals surface area contributed by atoms with E-state index in [1.165, 1.54) is 0 Å². The Labute approximate surface area is 119 Å². The number of nitrogens with zero attached hydrogens (tertiary/aromatic N) is 1. The van der Waals surface area contributed by atoms with Crippen LogP contribution in [0.25, 0.3) is 0 Å². The molecule has 0 radical (unpaired) electrons. The summed E-state index contributed by atoms with van der Waals surface area (Å²) in [5.74, 6) is -0.0421. The zero-order valence-corrected chi connectivity index (χ0v) is 11.7. The minimum absolute atomic E-state index is 0.0421. The smallest absolute Gasteiger partial charge is 0.238 e. The summed E-state index contributed by atoms with van der Waals surface area (Å²) < 4.78 is 0. The van der Waals surface area contributed by atoms with Crippen molar-refractivity contribution >= 4 is 11.6 Å². The first-order chi connectivity index (χ1) is 9.72. The van der Waals surface area contributed by atoms with Gasteiger partial charge in [0.1, 0.15) is 0 Å². The largest absolute Gasteiger partial charge is 0.395 e. The van der Waals surface area contributed by atoms with E-state index in [0.717, 1.165) is 37.1 Å². The molecular weight excluding hydrogens is 254 g/mol. The molecule has 20 heavy (non-hydrogen) atoms. The van der Waals surface area contributed by atoms with Crippen LogP contribution in [-0.2, 0) is 11.3 Å². The number of nitrogens with one attached hydrogen (secondary N) is 1. The van der Waals surface area contributed by atoms with Crippen LogP contribution in [0, 0.1) is 0 Å². The van der Waals surface area contributed by atoms with Crippen LogP contribution in [0.3, 0.4) is 0 Å². The van der Waals surface area contributed by atoms with Crippen LogP contribution < -0.4 is 11.1 Å². The molecule has 1 aromatic carbocycles. The molecule has 1 amide bonds. The van der Waals surface area contributed by atoms with Crippen LogP contribution in [0.1, 0.15) is 24.8 Å². The van der Waals surface area contributed by atoms with Crippen molar-refractivity contribution in [3.8, 4) is 0 Å². The molecule has 1 saturated heterocycles. The van der Waals surface area contributed by atoms with Crippen LogP contribution in [0.4, 0.5) is 5.69 Å². The highest BCUT2D eigenvalue weighted by molar-refractivity contribution is 5.92. The minimum Gasteiger partial charge on any atom is -0.395 e. The number of piperidine rings is 1. The lowest BCUT2D eigenvalue weighted by Gasteiger charge is -2.33. The molecule has 0 saturated carbocycles. The lowest BCUT2D eigenvalue weighted by atomic mass is 10.0. The first-order valence-electron chi connectivity index (χ1n) is 7.16. The number of aliphatic hydroxyl groups excluding tert-OH is 1. The molecule has 1 fully saturated rings. The maximum Gasteiger partial charge on any atom is 0.238 e. The van der Waals surface area contributed by atoms with Gasteiger partial charge >= 0.3 is 0 Å². The van der Waals surface area contributed by atoms with Crippen LogP contribution in [0.15, 0.2) is 24.3 Å². The van der Waals surface area contributed by atoms with E-state index < -0.39 is 0 Å². The van der Waals surface area contributed by atoms with Gasteiger partial charge in [0.2, 0.25) is 5.91 Å². The van der Waals surface area contributed by atoms with Gasteiger partial charge < -0.3 is 16.2 Å². The number of aliphatic hydroxyl groups is 1. The first kappa shape index (κ1) is 15.0. The number of hydrogen-bond acceptors (Lipinski definition) is 4. The van der Waals surface area contributed by atoms with Gasteiger partial charge in [0.25, 0.3) is 0 Å². The van der Waals surface area contributed by atoms with E-state index in [1.807, 2.05) is 24.3 Å². The zero-order chi connectivity index (χ0) is 14.4. The van der Waals surface area contributed by atoms with Gasteiger partial charge in [-0.2, -0.15) is 0 Å². The first-order valence-corrected chi connectivity index (χ1v) is 7.16. The Morgan fingerprint density at radius 1 is 1.45 bits per heavy atom. The van der Waals surface area contributed by atoms with Crippen molar-refractivity contribution in [1.29, 1.82) is 0 Å². The van der Waals surface area contributed by atoms with Crippen LogP contribution in [-0.4, -0.2) is 41.7 Å². The topological polar surface area (TPSA) is 78.6 Å². The summed E-state index contributed by atoms with van der Waals surface area (Å²) >= 11 is 0. The number of nitrogens with two attached hydrogens (primary N) is 1. The average Bonchev–Trinajstić information content (AvgIpc) is 2.48. The summed E-state index contributed by atoms with van der Waals surface area (Å²) in [6.07, 6.45) is 3.18. The third-order valence-corrected chi connectivity index (χ3v) is 3.75. The van der Waals surface area contributed by atoms with Crippen LogP contribution in [0.5, 0.6) is 0 Å². The van der Waals surface area contributed by atoms with Gasteiger partial charge in [-0.05, 0) is 37.1 Å². The molecular formula is C15H23N3O2.